The van der Waals surface area contributed by atoms with Crippen LogP contribution in [0.3, 0.4) is 0 Å². The van der Waals surface area contributed by atoms with Gasteiger partial charge >= 0.3 is 0 Å². The van der Waals surface area contributed by atoms with Gasteiger partial charge < -0.3 is 19.5 Å². The summed E-state index contributed by atoms with van der Waals surface area (Å²) in [4.78, 5) is 12.1. The number of hydrogen-bond acceptors (Lipinski definition) is 4. The van der Waals surface area contributed by atoms with E-state index in [1.807, 2.05) is 63.2 Å². The minimum absolute atomic E-state index is 0.163. The van der Waals surface area contributed by atoms with E-state index in [1.54, 1.807) is 6.08 Å². The summed E-state index contributed by atoms with van der Waals surface area (Å²) in [5, 5.41) is 2.87. The zero-order valence-corrected chi connectivity index (χ0v) is 16.2. The van der Waals surface area contributed by atoms with Crippen LogP contribution in [0.2, 0.25) is 0 Å². The van der Waals surface area contributed by atoms with E-state index >= 15 is 0 Å². The third kappa shape index (κ3) is 6.70. The molecule has 27 heavy (non-hydrogen) atoms. The molecule has 5 heteroatoms. The number of rotatable bonds is 10. The van der Waals surface area contributed by atoms with Crippen LogP contribution in [0.4, 0.5) is 0 Å². The summed E-state index contributed by atoms with van der Waals surface area (Å²) >= 11 is 0. The number of carbonyl (C=O) groups excluding carboxylic acids is 1. The lowest BCUT2D eigenvalue weighted by molar-refractivity contribution is -0.116. The summed E-state index contributed by atoms with van der Waals surface area (Å²) in [6.07, 6.45) is 3.27. The summed E-state index contributed by atoms with van der Waals surface area (Å²) in [6.45, 7) is 7.97. The fraction of sp³-hybridized carbons (Fsp3) is 0.318. The predicted molar refractivity (Wildman–Crippen MR) is 107 cm³/mol. The Morgan fingerprint density at radius 2 is 1.67 bits per heavy atom. The topological polar surface area (TPSA) is 56.8 Å². The molecule has 0 aliphatic rings. The molecule has 0 spiro atoms. The Hall–Kier alpha value is -2.95. The number of hydrogen-bond donors (Lipinski definition) is 1. The van der Waals surface area contributed by atoms with E-state index in [0.29, 0.717) is 37.9 Å². The molecule has 1 amide bonds. The highest BCUT2D eigenvalue weighted by Crippen LogP contribution is 2.29. The molecule has 0 bridgehead atoms. The van der Waals surface area contributed by atoms with Crippen LogP contribution in [0, 0.1) is 0 Å². The number of carbonyl (C=O) groups is 1. The van der Waals surface area contributed by atoms with Gasteiger partial charge in [0, 0.05) is 12.6 Å². The second-order valence-corrected chi connectivity index (χ2v) is 5.70. The molecule has 2 rings (SSSR count). The summed E-state index contributed by atoms with van der Waals surface area (Å²) in [5.41, 5.74) is 1.86. The summed E-state index contributed by atoms with van der Waals surface area (Å²) < 4.78 is 16.6. The second kappa shape index (κ2) is 10.9. The first kappa shape index (κ1) is 20.4. The molecule has 144 valence electrons. The van der Waals surface area contributed by atoms with Crippen LogP contribution in [0.15, 0.2) is 48.5 Å². The standard InChI is InChI=1S/C22H27NO4/c1-4-25-19-9-7-8-18(14-19)16-23-22(24)13-11-17-10-12-20(26-5-2)21(15-17)27-6-3/h7-15H,4-6,16H2,1-3H3,(H,23,24)/b13-11+. The molecule has 0 heterocycles. The second-order valence-electron chi connectivity index (χ2n) is 5.70. The molecular weight excluding hydrogens is 342 g/mol. The molecule has 2 aromatic carbocycles. The third-order valence-corrected chi connectivity index (χ3v) is 3.67. The van der Waals surface area contributed by atoms with E-state index in [0.717, 1.165) is 16.9 Å². The molecule has 0 saturated heterocycles. The molecule has 0 fully saturated rings. The summed E-state index contributed by atoms with van der Waals surface area (Å²) in [6, 6.07) is 13.3. The average molecular weight is 369 g/mol. The van der Waals surface area contributed by atoms with Crippen molar-refractivity contribution in [1.82, 2.24) is 5.32 Å². The van der Waals surface area contributed by atoms with E-state index < -0.39 is 0 Å². The van der Waals surface area contributed by atoms with Crippen LogP contribution < -0.4 is 19.5 Å². The van der Waals surface area contributed by atoms with E-state index in [9.17, 15) is 4.79 Å². The Kier molecular flexibility index (Phi) is 8.23. The van der Waals surface area contributed by atoms with Gasteiger partial charge in [0.2, 0.25) is 5.91 Å². The van der Waals surface area contributed by atoms with E-state index in [-0.39, 0.29) is 5.91 Å². The van der Waals surface area contributed by atoms with Gasteiger partial charge in [0.05, 0.1) is 19.8 Å². The molecular formula is C22H27NO4. The molecule has 0 aliphatic heterocycles. The zero-order chi connectivity index (χ0) is 19.5. The predicted octanol–water partition coefficient (Wildman–Crippen LogP) is 4.21. The maximum atomic E-state index is 12.1. The molecule has 5 nitrogen and oxygen atoms in total. The van der Waals surface area contributed by atoms with Crippen molar-refractivity contribution in [3.05, 3.63) is 59.7 Å². The highest BCUT2D eigenvalue weighted by molar-refractivity contribution is 5.91. The average Bonchev–Trinajstić information content (AvgIpc) is 2.67. The molecule has 0 unspecified atom stereocenters. The van der Waals surface area contributed by atoms with Crippen molar-refractivity contribution in [2.24, 2.45) is 0 Å². The van der Waals surface area contributed by atoms with Gasteiger partial charge in [0.1, 0.15) is 5.75 Å². The Balaban J connectivity index is 1.95. The van der Waals surface area contributed by atoms with Crippen LogP contribution in [0.25, 0.3) is 6.08 Å². The molecule has 0 radical (unpaired) electrons. The quantitative estimate of drug-likeness (QED) is 0.637. The molecule has 0 atom stereocenters. The Bertz CT molecular complexity index is 771. The van der Waals surface area contributed by atoms with Crippen molar-refractivity contribution in [1.29, 1.82) is 0 Å². The SMILES string of the molecule is CCOc1cccc(CNC(=O)/C=C/c2ccc(OCC)c(OCC)c2)c1. The van der Waals surface area contributed by atoms with Crippen LogP contribution >= 0.6 is 0 Å². The maximum Gasteiger partial charge on any atom is 0.244 e. The first-order valence-corrected chi connectivity index (χ1v) is 9.23. The first-order chi connectivity index (χ1) is 13.2. The molecule has 1 N–H and O–H groups in total. The Morgan fingerprint density at radius 3 is 2.41 bits per heavy atom. The number of amides is 1. The minimum Gasteiger partial charge on any atom is -0.494 e. The van der Waals surface area contributed by atoms with E-state index in [4.69, 9.17) is 14.2 Å². The van der Waals surface area contributed by atoms with Crippen molar-refractivity contribution >= 4 is 12.0 Å². The number of ether oxygens (including phenoxy) is 3. The molecule has 0 saturated carbocycles. The monoisotopic (exact) mass is 369 g/mol. The normalized spacial score (nSPS) is 10.6. The van der Waals surface area contributed by atoms with Crippen molar-refractivity contribution in [2.75, 3.05) is 19.8 Å². The van der Waals surface area contributed by atoms with Gasteiger partial charge in [-0.25, -0.2) is 0 Å². The largest absolute Gasteiger partial charge is 0.494 e. The maximum absolute atomic E-state index is 12.1. The zero-order valence-electron chi connectivity index (χ0n) is 16.2. The van der Waals surface area contributed by atoms with E-state index in [2.05, 4.69) is 5.32 Å². The molecule has 0 aromatic heterocycles. The van der Waals surface area contributed by atoms with Gasteiger partial charge in [0.25, 0.3) is 0 Å². The molecule has 2 aromatic rings. The summed E-state index contributed by atoms with van der Waals surface area (Å²) in [5.74, 6) is 2.02. The van der Waals surface area contributed by atoms with E-state index in [1.165, 1.54) is 6.08 Å². The Labute approximate surface area is 161 Å². The van der Waals surface area contributed by atoms with Crippen molar-refractivity contribution in [3.63, 3.8) is 0 Å². The highest BCUT2D eigenvalue weighted by Gasteiger charge is 2.05. The Morgan fingerprint density at radius 1 is 0.926 bits per heavy atom. The fourth-order valence-corrected chi connectivity index (χ4v) is 2.50. The van der Waals surface area contributed by atoms with Gasteiger partial charge in [-0.2, -0.15) is 0 Å². The molecule has 0 aliphatic carbocycles. The minimum atomic E-state index is -0.163. The van der Waals surface area contributed by atoms with Crippen LogP contribution in [0.1, 0.15) is 31.9 Å². The third-order valence-electron chi connectivity index (χ3n) is 3.67. The van der Waals surface area contributed by atoms with Crippen molar-refractivity contribution in [2.45, 2.75) is 27.3 Å². The lowest BCUT2D eigenvalue weighted by atomic mass is 10.2. The number of nitrogens with one attached hydrogen (secondary N) is 1. The van der Waals surface area contributed by atoms with Gasteiger partial charge in [-0.1, -0.05) is 18.2 Å². The van der Waals surface area contributed by atoms with Gasteiger partial charge in [0.15, 0.2) is 11.5 Å². The van der Waals surface area contributed by atoms with Gasteiger partial charge in [-0.3, -0.25) is 4.79 Å². The lowest BCUT2D eigenvalue weighted by Crippen LogP contribution is -2.20. The van der Waals surface area contributed by atoms with Gasteiger partial charge in [-0.15, -0.1) is 0 Å². The first-order valence-electron chi connectivity index (χ1n) is 9.23. The summed E-state index contributed by atoms with van der Waals surface area (Å²) in [7, 11) is 0. The number of benzene rings is 2. The van der Waals surface area contributed by atoms with Crippen molar-refractivity contribution in [3.8, 4) is 17.2 Å². The van der Waals surface area contributed by atoms with Crippen LogP contribution in [-0.2, 0) is 11.3 Å². The lowest BCUT2D eigenvalue weighted by Gasteiger charge is -2.11. The fourth-order valence-electron chi connectivity index (χ4n) is 2.50. The van der Waals surface area contributed by atoms with Crippen LogP contribution in [-0.4, -0.2) is 25.7 Å². The highest BCUT2D eigenvalue weighted by atomic mass is 16.5. The van der Waals surface area contributed by atoms with Gasteiger partial charge in [-0.05, 0) is 62.2 Å². The smallest absolute Gasteiger partial charge is 0.244 e. The van der Waals surface area contributed by atoms with Crippen LogP contribution in [0.5, 0.6) is 17.2 Å². The van der Waals surface area contributed by atoms with Crippen molar-refractivity contribution < 1.29 is 19.0 Å².